The molecule has 5 heteroatoms. The summed E-state index contributed by atoms with van der Waals surface area (Å²) in [6.45, 7) is 1.90. The molecule has 1 fully saturated rings. The van der Waals surface area contributed by atoms with Crippen molar-refractivity contribution in [1.82, 2.24) is 0 Å². The minimum atomic E-state index is -1.22. The number of nitrogens with zero attached hydrogens (tertiary/aromatic N) is 1. The average molecular weight is 323 g/mol. The third-order valence-electron chi connectivity index (χ3n) is 3.76. The Hall–Kier alpha value is -2.66. The third kappa shape index (κ3) is 2.59. The minimum Gasteiger partial charge on any atom is -0.293 e. The first-order chi connectivity index (χ1) is 11.0. The second kappa shape index (κ2) is 5.85. The van der Waals surface area contributed by atoms with Gasteiger partial charge in [-0.1, -0.05) is 60.2 Å². The number of benzene rings is 2. The van der Waals surface area contributed by atoms with E-state index in [4.69, 9.17) is 12.2 Å². The molecule has 0 N–H and O–H groups in total. The van der Waals surface area contributed by atoms with Crippen LogP contribution < -0.4 is 4.90 Å². The molecule has 0 aliphatic carbocycles. The van der Waals surface area contributed by atoms with Crippen LogP contribution in [-0.2, 0) is 9.59 Å². The molecule has 0 radical (unpaired) electrons. The first kappa shape index (κ1) is 15.2. The normalized spacial score (nSPS) is 17.7. The Morgan fingerprint density at radius 1 is 1.00 bits per heavy atom. The summed E-state index contributed by atoms with van der Waals surface area (Å²) in [5.41, 5.74) is 1.87. The lowest BCUT2D eigenvalue weighted by Gasteiger charge is -2.16. The maximum atomic E-state index is 12.6. The van der Waals surface area contributed by atoms with Gasteiger partial charge >= 0.3 is 5.91 Å². The third-order valence-corrected chi connectivity index (χ3v) is 4.17. The molecule has 0 bridgehead atoms. The SMILES string of the molecule is Cc1ccc(C(=O)C2C(=O)C(=O)N(c3ccccc3)C2=S)cc1. The second-order valence-electron chi connectivity index (χ2n) is 5.34. The van der Waals surface area contributed by atoms with E-state index in [0.29, 0.717) is 11.3 Å². The fraction of sp³-hybridized carbons (Fsp3) is 0.111. The molecule has 0 saturated carbocycles. The molecule has 1 atom stereocenters. The number of hydrogen-bond donors (Lipinski definition) is 0. The monoisotopic (exact) mass is 323 g/mol. The summed E-state index contributed by atoms with van der Waals surface area (Å²) in [6, 6.07) is 15.5. The molecule has 2 aromatic carbocycles. The van der Waals surface area contributed by atoms with Crippen molar-refractivity contribution in [2.24, 2.45) is 5.92 Å². The van der Waals surface area contributed by atoms with Crippen LogP contribution in [0.15, 0.2) is 54.6 Å². The number of rotatable bonds is 3. The summed E-state index contributed by atoms with van der Waals surface area (Å²) >= 11 is 5.26. The molecule has 1 amide bonds. The Morgan fingerprint density at radius 3 is 2.22 bits per heavy atom. The van der Waals surface area contributed by atoms with Gasteiger partial charge in [-0.25, -0.2) is 0 Å². The van der Waals surface area contributed by atoms with Gasteiger partial charge < -0.3 is 0 Å². The van der Waals surface area contributed by atoms with Gasteiger partial charge in [0.15, 0.2) is 5.78 Å². The molecule has 1 aliphatic heterocycles. The zero-order valence-corrected chi connectivity index (χ0v) is 13.2. The first-order valence-corrected chi connectivity index (χ1v) is 7.49. The van der Waals surface area contributed by atoms with E-state index >= 15 is 0 Å². The zero-order chi connectivity index (χ0) is 16.6. The minimum absolute atomic E-state index is 0.0387. The van der Waals surface area contributed by atoms with Crippen molar-refractivity contribution in [2.75, 3.05) is 4.90 Å². The summed E-state index contributed by atoms with van der Waals surface area (Å²) in [5.74, 6) is -3.19. The van der Waals surface area contributed by atoms with E-state index < -0.39 is 23.4 Å². The van der Waals surface area contributed by atoms with E-state index in [2.05, 4.69) is 0 Å². The average Bonchev–Trinajstić information content (AvgIpc) is 2.78. The fourth-order valence-corrected chi connectivity index (χ4v) is 2.91. The first-order valence-electron chi connectivity index (χ1n) is 7.09. The smallest absolute Gasteiger partial charge is 0.293 e. The standard InChI is InChI=1S/C18H13NO3S/c1-11-7-9-12(10-8-11)15(20)14-16(21)17(22)19(18(14)23)13-5-3-2-4-6-13/h2-10,14H,1H3. The number of Topliss-reactive ketones (excluding diaryl/α,β-unsaturated/α-hetero) is 2. The molecule has 4 nitrogen and oxygen atoms in total. The maximum Gasteiger partial charge on any atom is 0.300 e. The Labute approximate surface area is 138 Å². The van der Waals surface area contributed by atoms with Gasteiger partial charge in [0.1, 0.15) is 10.9 Å². The Kier molecular flexibility index (Phi) is 3.88. The number of thiocarbonyl (C=S) groups is 1. The maximum absolute atomic E-state index is 12.6. The predicted octanol–water partition coefficient (Wildman–Crippen LogP) is 2.74. The van der Waals surface area contributed by atoms with Gasteiger partial charge in [-0.2, -0.15) is 0 Å². The van der Waals surface area contributed by atoms with Crippen LogP contribution in [0.25, 0.3) is 0 Å². The molecule has 1 unspecified atom stereocenters. The van der Waals surface area contributed by atoms with Gasteiger partial charge in [0.05, 0.1) is 0 Å². The van der Waals surface area contributed by atoms with Crippen molar-refractivity contribution >= 4 is 40.4 Å². The highest BCUT2D eigenvalue weighted by Gasteiger charge is 2.48. The van der Waals surface area contributed by atoms with Crippen LogP contribution in [-0.4, -0.2) is 22.5 Å². The van der Waals surface area contributed by atoms with E-state index in [1.54, 1.807) is 54.6 Å². The molecule has 0 spiro atoms. The van der Waals surface area contributed by atoms with E-state index in [1.807, 2.05) is 6.92 Å². The summed E-state index contributed by atoms with van der Waals surface area (Å²) in [4.78, 5) is 38.3. The lowest BCUT2D eigenvalue weighted by molar-refractivity contribution is -0.134. The van der Waals surface area contributed by atoms with E-state index in [9.17, 15) is 14.4 Å². The van der Waals surface area contributed by atoms with Crippen molar-refractivity contribution in [3.8, 4) is 0 Å². The largest absolute Gasteiger partial charge is 0.300 e. The second-order valence-corrected chi connectivity index (χ2v) is 5.76. The van der Waals surface area contributed by atoms with Crippen molar-refractivity contribution in [1.29, 1.82) is 0 Å². The topological polar surface area (TPSA) is 54.5 Å². The summed E-state index contributed by atoms with van der Waals surface area (Å²) < 4.78 is 0. The number of hydrogen-bond acceptors (Lipinski definition) is 4. The quantitative estimate of drug-likeness (QED) is 0.377. The van der Waals surface area contributed by atoms with Crippen LogP contribution in [0.5, 0.6) is 0 Å². The van der Waals surface area contributed by atoms with Gasteiger partial charge in [-0.15, -0.1) is 0 Å². The van der Waals surface area contributed by atoms with E-state index in [1.165, 1.54) is 0 Å². The molecular weight excluding hydrogens is 310 g/mol. The van der Waals surface area contributed by atoms with Crippen LogP contribution in [0.4, 0.5) is 5.69 Å². The lowest BCUT2D eigenvalue weighted by atomic mass is 9.95. The Bertz CT molecular complexity index is 812. The van der Waals surface area contributed by atoms with Gasteiger partial charge in [-0.3, -0.25) is 19.3 Å². The Morgan fingerprint density at radius 2 is 1.61 bits per heavy atom. The van der Waals surface area contributed by atoms with Gasteiger partial charge in [0.25, 0.3) is 0 Å². The van der Waals surface area contributed by atoms with Crippen LogP contribution in [0.3, 0.4) is 0 Å². The molecule has 114 valence electrons. The predicted molar refractivity (Wildman–Crippen MR) is 90.5 cm³/mol. The zero-order valence-electron chi connectivity index (χ0n) is 12.4. The van der Waals surface area contributed by atoms with Gasteiger partial charge in [0, 0.05) is 11.3 Å². The highest BCUT2D eigenvalue weighted by molar-refractivity contribution is 7.81. The molecule has 0 aromatic heterocycles. The van der Waals surface area contributed by atoms with Crippen molar-refractivity contribution in [2.45, 2.75) is 6.92 Å². The number of carbonyl (C=O) groups excluding carboxylic acids is 3. The molecule has 1 heterocycles. The molecule has 1 saturated heterocycles. The number of ketones is 2. The van der Waals surface area contributed by atoms with Gasteiger partial charge in [0.2, 0.25) is 5.78 Å². The molecule has 23 heavy (non-hydrogen) atoms. The highest BCUT2D eigenvalue weighted by Crippen LogP contribution is 2.27. The molecule has 1 aliphatic rings. The number of amides is 1. The van der Waals surface area contributed by atoms with E-state index in [0.717, 1.165) is 10.5 Å². The fourth-order valence-electron chi connectivity index (χ4n) is 2.51. The van der Waals surface area contributed by atoms with Crippen molar-refractivity contribution in [3.63, 3.8) is 0 Å². The molecule has 3 rings (SSSR count). The number of anilines is 1. The molecule has 2 aromatic rings. The van der Waals surface area contributed by atoms with Crippen molar-refractivity contribution in [3.05, 3.63) is 65.7 Å². The Balaban J connectivity index is 1.96. The van der Waals surface area contributed by atoms with Crippen LogP contribution in [0, 0.1) is 12.8 Å². The van der Waals surface area contributed by atoms with Crippen LogP contribution >= 0.6 is 12.2 Å². The summed E-state index contributed by atoms with van der Waals surface area (Å²) in [6.07, 6.45) is 0. The number of para-hydroxylation sites is 1. The summed E-state index contributed by atoms with van der Waals surface area (Å²) in [7, 11) is 0. The lowest BCUT2D eigenvalue weighted by Crippen LogP contribution is -2.30. The van der Waals surface area contributed by atoms with Crippen molar-refractivity contribution < 1.29 is 14.4 Å². The number of carbonyl (C=O) groups is 3. The van der Waals surface area contributed by atoms with Crippen LogP contribution in [0.2, 0.25) is 0 Å². The summed E-state index contributed by atoms with van der Waals surface area (Å²) in [5, 5.41) is 0. The number of aryl methyl sites for hydroxylation is 1. The molecular formula is C18H13NO3S. The highest BCUT2D eigenvalue weighted by atomic mass is 32.1. The van der Waals surface area contributed by atoms with Gasteiger partial charge in [-0.05, 0) is 19.1 Å². The van der Waals surface area contributed by atoms with Crippen LogP contribution in [0.1, 0.15) is 15.9 Å². The van der Waals surface area contributed by atoms with E-state index in [-0.39, 0.29) is 4.99 Å².